The van der Waals surface area contributed by atoms with Crippen LogP contribution in [0.25, 0.3) is 0 Å². The van der Waals surface area contributed by atoms with Gasteiger partial charge in [0.15, 0.2) is 0 Å². The molecule has 0 saturated heterocycles. The van der Waals surface area contributed by atoms with Crippen molar-refractivity contribution < 1.29 is 0 Å². The second-order valence-corrected chi connectivity index (χ2v) is 5.31. The standard InChI is InChI=1S/C18H12Se2/c19-13-17-11-5-3-9-15(17)7-1-2-8-16-10-4-6-12-18(16)14-20/h3-6,9-12H,13-14H2. The second kappa shape index (κ2) is 8.01. The van der Waals surface area contributed by atoms with E-state index in [-0.39, 0.29) is 0 Å². The van der Waals surface area contributed by atoms with Crippen molar-refractivity contribution in [3.63, 3.8) is 0 Å². The first-order valence-electron chi connectivity index (χ1n) is 6.19. The summed E-state index contributed by atoms with van der Waals surface area (Å²) in [7, 11) is 0. The van der Waals surface area contributed by atoms with E-state index in [0.717, 1.165) is 21.8 Å². The third-order valence-electron chi connectivity index (χ3n) is 2.80. The quantitative estimate of drug-likeness (QED) is 0.550. The summed E-state index contributed by atoms with van der Waals surface area (Å²) in [6.07, 6.45) is 0. The first kappa shape index (κ1) is 15.0. The molecule has 0 heterocycles. The van der Waals surface area contributed by atoms with Gasteiger partial charge >= 0.3 is 137 Å². The van der Waals surface area contributed by atoms with Gasteiger partial charge in [0, 0.05) is 0 Å². The molecule has 0 saturated carbocycles. The van der Waals surface area contributed by atoms with E-state index in [1.165, 1.54) is 11.1 Å². The molecule has 0 nitrogen and oxygen atoms in total. The first-order chi connectivity index (χ1) is 9.85. The van der Waals surface area contributed by atoms with E-state index in [4.69, 9.17) is 0 Å². The Morgan fingerprint density at radius 3 is 1.45 bits per heavy atom. The summed E-state index contributed by atoms with van der Waals surface area (Å²) in [5.74, 6) is 12.1. The molecule has 2 heteroatoms. The molecule has 0 aliphatic rings. The fraction of sp³-hybridized carbons (Fsp3) is 0.111. The van der Waals surface area contributed by atoms with Crippen molar-refractivity contribution in [2.24, 2.45) is 0 Å². The Kier molecular flexibility index (Phi) is 6.01. The molecule has 0 fully saturated rings. The van der Waals surface area contributed by atoms with E-state index in [1.54, 1.807) is 0 Å². The van der Waals surface area contributed by atoms with E-state index in [0.29, 0.717) is 0 Å². The molecule has 96 valence electrons. The summed E-state index contributed by atoms with van der Waals surface area (Å²) in [5, 5.41) is 1.74. The monoisotopic (exact) mass is 388 g/mol. The molecule has 0 N–H and O–H groups in total. The summed E-state index contributed by atoms with van der Waals surface area (Å²) in [5.41, 5.74) is 4.51. The molecule has 0 spiro atoms. The normalized spacial score (nSPS) is 9.10. The number of hydrogen-bond acceptors (Lipinski definition) is 0. The molecule has 0 aliphatic heterocycles. The van der Waals surface area contributed by atoms with Crippen LogP contribution in [0.2, 0.25) is 0 Å². The van der Waals surface area contributed by atoms with Gasteiger partial charge in [-0.15, -0.1) is 0 Å². The molecule has 0 aliphatic carbocycles. The third kappa shape index (κ3) is 4.05. The Hall–Kier alpha value is -1.40. The Morgan fingerprint density at radius 2 is 1.05 bits per heavy atom. The van der Waals surface area contributed by atoms with Gasteiger partial charge in [-0.25, -0.2) is 0 Å². The van der Waals surface area contributed by atoms with Crippen molar-refractivity contribution >= 4 is 32.0 Å². The van der Waals surface area contributed by atoms with Crippen molar-refractivity contribution in [2.75, 3.05) is 0 Å². The van der Waals surface area contributed by atoms with Gasteiger partial charge in [0.25, 0.3) is 0 Å². The van der Waals surface area contributed by atoms with Crippen molar-refractivity contribution in [3.05, 3.63) is 70.8 Å². The van der Waals surface area contributed by atoms with Crippen LogP contribution in [0, 0.1) is 23.7 Å². The maximum absolute atomic E-state index is 3.12. The molecular formula is C18H12Se2. The zero-order valence-corrected chi connectivity index (χ0v) is 14.3. The number of rotatable bonds is 2. The molecule has 20 heavy (non-hydrogen) atoms. The summed E-state index contributed by atoms with van der Waals surface area (Å²) in [6, 6.07) is 16.3. The Bertz CT molecular complexity index is 646. The molecule has 0 unspecified atom stereocenters. The summed E-state index contributed by atoms with van der Waals surface area (Å²) < 4.78 is 0. The van der Waals surface area contributed by atoms with Crippen LogP contribution in [0.4, 0.5) is 0 Å². The molecule has 0 amide bonds. The Balaban J connectivity index is 2.22. The van der Waals surface area contributed by atoms with Gasteiger partial charge in [0.2, 0.25) is 0 Å². The summed E-state index contributed by atoms with van der Waals surface area (Å²) in [4.78, 5) is 0. The van der Waals surface area contributed by atoms with E-state index >= 15 is 0 Å². The zero-order chi connectivity index (χ0) is 14.2. The average Bonchev–Trinajstić information content (AvgIpc) is 2.52. The number of hydrogen-bond donors (Lipinski definition) is 0. The molecule has 2 aromatic carbocycles. The first-order valence-corrected chi connectivity index (χ1v) is 8.61. The SMILES string of the molecule is [Se]Cc1ccccc1C#CC#Cc1ccccc1C[Se]. The van der Waals surface area contributed by atoms with E-state index in [2.05, 4.69) is 67.8 Å². The van der Waals surface area contributed by atoms with Gasteiger partial charge in [-0.1, -0.05) is 0 Å². The fourth-order valence-corrected chi connectivity index (χ4v) is 2.79. The van der Waals surface area contributed by atoms with Crippen LogP contribution in [-0.2, 0) is 10.6 Å². The molecular weight excluding hydrogens is 374 g/mol. The van der Waals surface area contributed by atoms with Gasteiger partial charge in [-0.2, -0.15) is 0 Å². The van der Waals surface area contributed by atoms with Crippen LogP contribution in [-0.4, -0.2) is 32.0 Å². The van der Waals surface area contributed by atoms with E-state index < -0.39 is 0 Å². The van der Waals surface area contributed by atoms with Crippen LogP contribution in [0.1, 0.15) is 22.3 Å². The van der Waals surface area contributed by atoms with Crippen molar-refractivity contribution in [1.82, 2.24) is 0 Å². The predicted molar refractivity (Wildman–Crippen MR) is 85.6 cm³/mol. The third-order valence-corrected chi connectivity index (χ3v) is 4.11. The molecule has 0 bridgehead atoms. The van der Waals surface area contributed by atoms with Gasteiger partial charge in [0.05, 0.1) is 0 Å². The van der Waals surface area contributed by atoms with Crippen LogP contribution >= 0.6 is 0 Å². The van der Waals surface area contributed by atoms with Crippen LogP contribution in [0.15, 0.2) is 48.5 Å². The van der Waals surface area contributed by atoms with E-state index in [9.17, 15) is 0 Å². The fourth-order valence-electron chi connectivity index (χ4n) is 1.73. The van der Waals surface area contributed by atoms with Gasteiger partial charge < -0.3 is 0 Å². The van der Waals surface area contributed by atoms with Crippen LogP contribution in [0.3, 0.4) is 0 Å². The maximum atomic E-state index is 3.12. The van der Waals surface area contributed by atoms with Crippen LogP contribution < -0.4 is 0 Å². The Labute approximate surface area is 137 Å². The van der Waals surface area contributed by atoms with Crippen molar-refractivity contribution in [3.8, 4) is 23.7 Å². The Morgan fingerprint density at radius 1 is 0.650 bits per heavy atom. The zero-order valence-electron chi connectivity index (χ0n) is 10.8. The minimum absolute atomic E-state index is 0.868. The van der Waals surface area contributed by atoms with Crippen LogP contribution in [0.5, 0.6) is 0 Å². The van der Waals surface area contributed by atoms with Gasteiger partial charge in [-0.3, -0.25) is 0 Å². The summed E-state index contributed by atoms with van der Waals surface area (Å²) in [6.45, 7) is 0. The second-order valence-electron chi connectivity index (χ2n) is 4.10. The van der Waals surface area contributed by atoms with Gasteiger partial charge in [-0.05, 0) is 0 Å². The minimum atomic E-state index is 0.868. The molecule has 0 atom stereocenters. The topological polar surface area (TPSA) is 0 Å². The molecule has 2 rings (SSSR count). The average molecular weight is 386 g/mol. The van der Waals surface area contributed by atoms with Crippen molar-refractivity contribution in [2.45, 2.75) is 10.6 Å². The van der Waals surface area contributed by atoms with E-state index in [1.807, 2.05) is 36.4 Å². The van der Waals surface area contributed by atoms with Crippen molar-refractivity contribution in [1.29, 1.82) is 0 Å². The summed E-state index contributed by atoms with van der Waals surface area (Å²) >= 11 is 6.05. The predicted octanol–water partition coefficient (Wildman–Crippen LogP) is 2.43. The number of benzene rings is 2. The molecule has 0 aromatic heterocycles. The molecule has 2 aromatic rings. The molecule has 2 radical (unpaired) electrons. The van der Waals surface area contributed by atoms with Gasteiger partial charge in [0.1, 0.15) is 0 Å².